The predicted molar refractivity (Wildman–Crippen MR) is 55.6 cm³/mol. The van der Waals surface area contributed by atoms with Gasteiger partial charge in [0.15, 0.2) is 0 Å². The molecule has 0 amide bonds. The Bertz CT molecular complexity index is 231. The van der Waals surface area contributed by atoms with Crippen LogP contribution in [0.25, 0.3) is 0 Å². The molecule has 0 bridgehead atoms. The van der Waals surface area contributed by atoms with Crippen molar-refractivity contribution in [3.63, 3.8) is 0 Å². The summed E-state index contributed by atoms with van der Waals surface area (Å²) in [7, 11) is 0. The molecule has 0 saturated carbocycles. The molecule has 1 rings (SSSR count). The number of hydrogen-bond donors (Lipinski definition) is 1. The van der Waals surface area contributed by atoms with Crippen molar-refractivity contribution in [2.45, 2.75) is 12.8 Å². The van der Waals surface area contributed by atoms with Crippen molar-refractivity contribution in [2.24, 2.45) is 0 Å². The first-order valence-corrected chi connectivity index (χ1v) is 4.64. The van der Waals surface area contributed by atoms with Gasteiger partial charge in [0.1, 0.15) is 0 Å². The molecule has 1 heterocycles. The summed E-state index contributed by atoms with van der Waals surface area (Å²) in [4.78, 5) is 3.97. The molecule has 70 valence electrons. The Hall–Kier alpha value is -1.15. The third kappa shape index (κ3) is 4.43. The number of hydrogen-bond acceptors (Lipinski definition) is 2. The Balaban J connectivity index is 2.10. The number of aromatic nitrogens is 1. The van der Waals surface area contributed by atoms with E-state index in [1.165, 1.54) is 5.56 Å². The van der Waals surface area contributed by atoms with E-state index in [9.17, 15) is 0 Å². The normalized spacial score (nSPS) is 9.85. The molecule has 0 aliphatic rings. The number of nitrogens with one attached hydrogen (secondary N) is 1. The molecule has 2 heteroatoms. The predicted octanol–water partition coefficient (Wildman–Crippen LogP) is 1.79. The Kier molecular flexibility index (Phi) is 4.87. The van der Waals surface area contributed by atoms with E-state index in [0.29, 0.717) is 0 Å². The molecule has 0 radical (unpaired) electrons. The lowest BCUT2D eigenvalue weighted by Gasteiger charge is -2.02. The lowest BCUT2D eigenvalue weighted by atomic mass is 10.2. The summed E-state index contributed by atoms with van der Waals surface area (Å²) in [5.74, 6) is 0. The highest BCUT2D eigenvalue weighted by molar-refractivity contribution is 5.09. The fraction of sp³-hybridized carbons (Fsp3) is 0.364. The number of rotatable bonds is 6. The van der Waals surface area contributed by atoms with E-state index in [0.717, 1.165) is 25.9 Å². The van der Waals surface area contributed by atoms with Gasteiger partial charge < -0.3 is 5.32 Å². The summed E-state index contributed by atoms with van der Waals surface area (Å²) in [6.07, 6.45) is 7.70. The van der Waals surface area contributed by atoms with Crippen LogP contribution < -0.4 is 5.32 Å². The SMILES string of the molecule is C=CCCNCCc1ccncc1. The maximum Gasteiger partial charge on any atom is 0.0270 e. The van der Waals surface area contributed by atoms with Crippen molar-refractivity contribution in [3.8, 4) is 0 Å². The molecule has 0 spiro atoms. The summed E-state index contributed by atoms with van der Waals surface area (Å²) < 4.78 is 0. The topological polar surface area (TPSA) is 24.9 Å². The quantitative estimate of drug-likeness (QED) is 0.528. The van der Waals surface area contributed by atoms with Gasteiger partial charge >= 0.3 is 0 Å². The number of nitrogens with zero attached hydrogens (tertiary/aromatic N) is 1. The van der Waals surface area contributed by atoms with Crippen LogP contribution in [0, 0.1) is 0 Å². The van der Waals surface area contributed by atoms with Crippen molar-refractivity contribution in [2.75, 3.05) is 13.1 Å². The van der Waals surface area contributed by atoms with Gasteiger partial charge in [0.25, 0.3) is 0 Å². The van der Waals surface area contributed by atoms with Crippen LogP contribution in [0.4, 0.5) is 0 Å². The van der Waals surface area contributed by atoms with Gasteiger partial charge in [-0.1, -0.05) is 6.08 Å². The van der Waals surface area contributed by atoms with E-state index >= 15 is 0 Å². The molecular formula is C11H16N2. The third-order valence-corrected chi connectivity index (χ3v) is 1.87. The standard InChI is InChI=1S/C11H16N2/c1-2-3-7-12-8-4-11-5-9-13-10-6-11/h2,5-6,9-10,12H,1,3-4,7-8H2. The lowest BCUT2D eigenvalue weighted by molar-refractivity contribution is 0.689. The Morgan fingerprint density at radius 3 is 2.77 bits per heavy atom. The molecule has 1 N–H and O–H groups in total. The average molecular weight is 176 g/mol. The van der Waals surface area contributed by atoms with Crippen LogP contribution in [0.1, 0.15) is 12.0 Å². The van der Waals surface area contributed by atoms with E-state index in [4.69, 9.17) is 0 Å². The molecule has 0 saturated heterocycles. The molecule has 0 atom stereocenters. The van der Waals surface area contributed by atoms with Gasteiger partial charge in [-0.25, -0.2) is 0 Å². The molecule has 0 aliphatic carbocycles. The minimum atomic E-state index is 1.02. The van der Waals surface area contributed by atoms with Crippen molar-refractivity contribution in [3.05, 3.63) is 42.7 Å². The van der Waals surface area contributed by atoms with Gasteiger partial charge in [-0.3, -0.25) is 4.98 Å². The smallest absolute Gasteiger partial charge is 0.0270 e. The fourth-order valence-electron chi connectivity index (χ4n) is 1.11. The van der Waals surface area contributed by atoms with E-state index < -0.39 is 0 Å². The van der Waals surface area contributed by atoms with Gasteiger partial charge in [-0.15, -0.1) is 6.58 Å². The first-order valence-electron chi connectivity index (χ1n) is 4.64. The molecule has 1 aromatic rings. The summed E-state index contributed by atoms with van der Waals surface area (Å²) in [5, 5.41) is 3.34. The van der Waals surface area contributed by atoms with Crippen molar-refractivity contribution in [1.29, 1.82) is 0 Å². The van der Waals surface area contributed by atoms with Crippen molar-refractivity contribution in [1.82, 2.24) is 10.3 Å². The summed E-state index contributed by atoms with van der Waals surface area (Å²) in [6.45, 7) is 5.72. The largest absolute Gasteiger partial charge is 0.316 e. The van der Waals surface area contributed by atoms with E-state index in [-0.39, 0.29) is 0 Å². The molecular weight excluding hydrogens is 160 g/mol. The highest BCUT2D eigenvalue weighted by Crippen LogP contribution is 1.95. The molecule has 0 aliphatic heterocycles. The Morgan fingerprint density at radius 1 is 1.31 bits per heavy atom. The minimum absolute atomic E-state index is 1.02. The van der Waals surface area contributed by atoms with Crippen LogP contribution in [-0.2, 0) is 6.42 Å². The number of pyridine rings is 1. The molecule has 0 unspecified atom stereocenters. The van der Waals surface area contributed by atoms with Crippen LogP contribution in [-0.4, -0.2) is 18.1 Å². The summed E-state index contributed by atoms with van der Waals surface area (Å²) in [5.41, 5.74) is 1.33. The molecule has 1 aromatic heterocycles. The van der Waals surface area contributed by atoms with E-state index in [1.54, 1.807) is 0 Å². The second-order valence-electron chi connectivity index (χ2n) is 2.93. The summed E-state index contributed by atoms with van der Waals surface area (Å²) >= 11 is 0. The highest BCUT2D eigenvalue weighted by atomic mass is 14.8. The van der Waals surface area contributed by atoms with Crippen molar-refractivity contribution >= 4 is 0 Å². The van der Waals surface area contributed by atoms with Crippen LogP contribution in [0.2, 0.25) is 0 Å². The van der Waals surface area contributed by atoms with Crippen LogP contribution in [0.5, 0.6) is 0 Å². The van der Waals surface area contributed by atoms with Gasteiger partial charge in [-0.05, 0) is 43.6 Å². The monoisotopic (exact) mass is 176 g/mol. The second-order valence-corrected chi connectivity index (χ2v) is 2.93. The zero-order valence-corrected chi connectivity index (χ0v) is 7.87. The first-order chi connectivity index (χ1) is 6.43. The van der Waals surface area contributed by atoms with Crippen LogP contribution in [0.15, 0.2) is 37.2 Å². The lowest BCUT2D eigenvalue weighted by Crippen LogP contribution is -2.17. The van der Waals surface area contributed by atoms with Crippen LogP contribution in [0.3, 0.4) is 0 Å². The average Bonchev–Trinajstić information content (AvgIpc) is 2.19. The Morgan fingerprint density at radius 2 is 2.08 bits per heavy atom. The van der Waals surface area contributed by atoms with Gasteiger partial charge in [0, 0.05) is 12.4 Å². The summed E-state index contributed by atoms with van der Waals surface area (Å²) in [6, 6.07) is 4.10. The molecule has 0 aromatic carbocycles. The maximum atomic E-state index is 3.97. The second kappa shape index (κ2) is 6.38. The highest BCUT2D eigenvalue weighted by Gasteiger charge is 1.90. The Labute approximate surface area is 79.7 Å². The fourth-order valence-corrected chi connectivity index (χ4v) is 1.11. The van der Waals surface area contributed by atoms with Gasteiger partial charge in [-0.2, -0.15) is 0 Å². The van der Waals surface area contributed by atoms with Gasteiger partial charge in [0.2, 0.25) is 0 Å². The third-order valence-electron chi connectivity index (χ3n) is 1.87. The molecule has 2 nitrogen and oxygen atoms in total. The zero-order valence-electron chi connectivity index (χ0n) is 7.87. The van der Waals surface area contributed by atoms with Gasteiger partial charge in [0.05, 0.1) is 0 Å². The van der Waals surface area contributed by atoms with E-state index in [2.05, 4.69) is 29.0 Å². The minimum Gasteiger partial charge on any atom is -0.316 e. The zero-order chi connectivity index (χ0) is 9.36. The first kappa shape index (κ1) is 9.93. The van der Waals surface area contributed by atoms with E-state index in [1.807, 2.05) is 18.5 Å². The van der Waals surface area contributed by atoms with Crippen LogP contribution >= 0.6 is 0 Å². The molecule has 13 heavy (non-hydrogen) atoms. The molecule has 0 fully saturated rings. The maximum absolute atomic E-state index is 3.97. The van der Waals surface area contributed by atoms with Crippen molar-refractivity contribution < 1.29 is 0 Å².